The summed E-state index contributed by atoms with van der Waals surface area (Å²) in [6, 6.07) is 8.46. The van der Waals surface area contributed by atoms with Crippen molar-refractivity contribution >= 4 is 5.91 Å². The smallest absolute Gasteiger partial charge is 0.260 e. The number of amides is 1. The molecule has 2 N–H and O–H groups in total. The average molecular weight is 344 g/mol. The van der Waals surface area contributed by atoms with Crippen LogP contribution < -0.4 is 20.3 Å². The number of carbonyl (C=O) groups is 1. The number of ether oxygens (including phenoxy) is 2. The van der Waals surface area contributed by atoms with Gasteiger partial charge in [0, 0.05) is 5.69 Å². The Balaban J connectivity index is 2.15. The molecule has 1 unspecified atom stereocenters. The maximum Gasteiger partial charge on any atom is 0.260 e. The average Bonchev–Trinajstić information content (AvgIpc) is 2.59. The molecule has 1 amide bonds. The largest absolute Gasteiger partial charge is 0.493 e. The Morgan fingerprint density at radius 1 is 1.24 bits per heavy atom. The number of nitrogens with one attached hydrogen (secondary N) is 2. The molecule has 1 heterocycles. The molecule has 0 spiro atoms. The Hall–Kier alpha value is -2.76. The number of pyridine rings is 1. The van der Waals surface area contributed by atoms with Crippen molar-refractivity contribution in [1.82, 2.24) is 10.3 Å². The molecule has 0 aliphatic rings. The van der Waals surface area contributed by atoms with E-state index in [0.717, 1.165) is 12.0 Å². The van der Waals surface area contributed by atoms with Crippen molar-refractivity contribution in [2.24, 2.45) is 0 Å². The van der Waals surface area contributed by atoms with E-state index in [0.29, 0.717) is 23.8 Å². The van der Waals surface area contributed by atoms with Crippen molar-refractivity contribution < 1.29 is 14.3 Å². The summed E-state index contributed by atoms with van der Waals surface area (Å²) in [5, 5.41) is 2.83. The second-order valence-electron chi connectivity index (χ2n) is 5.84. The van der Waals surface area contributed by atoms with Crippen LogP contribution in [0.25, 0.3) is 0 Å². The van der Waals surface area contributed by atoms with E-state index in [4.69, 9.17) is 9.47 Å². The van der Waals surface area contributed by atoms with Gasteiger partial charge in [-0.3, -0.25) is 9.59 Å². The summed E-state index contributed by atoms with van der Waals surface area (Å²) in [6.07, 6.45) is 0.905. The lowest BCUT2D eigenvalue weighted by Crippen LogP contribution is -2.31. The molecule has 6 heteroatoms. The van der Waals surface area contributed by atoms with E-state index in [2.05, 4.69) is 10.3 Å². The molecule has 0 radical (unpaired) electrons. The van der Waals surface area contributed by atoms with Gasteiger partial charge >= 0.3 is 0 Å². The van der Waals surface area contributed by atoms with Crippen LogP contribution in [0.4, 0.5) is 0 Å². The second-order valence-corrected chi connectivity index (χ2v) is 5.84. The van der Waals surface area contributed by atoms with E-state index < -0.39 is 11.5 Å². The molecule has 25 heavy (non-hydrogen) atoms. The monoisotopic (exact) mass is 344 g/mol. The van der Waals surface area contributed by atoms with Gasteiger partial charge in [-0.1, -0.05) is 13.0 Å². The maximum atomic E-state index is 12.3. The lowest BCUT2D eigenvalue weighted by molar-refractivity contribution is 0.0938. The van der Waals surface area contributed by atoms with Crippen molar-refractivity contribution in [2.45, 2.75) is 33.2 Å². The number of carbonyl (C=O) groups excluding carboxylic acids is 1. The van der Waals surface area contributed by atoms with Gasteiger partial charge in [0.1, 0.15) is 5.56 Å². The first-order valence-electron chi connectivity index (χ1n) is 8.27. The SMILES string of the molecule is CCCOc1ccc(C(C)NC(=O)c2ccc(C)[nH]c2=O)cc1OC. The van der Waals surface area contributed by atoms with E-state index >= 15 is 0 Å². The van der Waals surface area contributed by atoms with Crippen LogP contribution in [-0.2, 0) is 0 Å². The number of hydrogen-bond acceptors (Lipinski definition) is 4. The number of benzene rings is 1. The highest BCUT2D eigenvalue weighted by Gasteiger charge is 2.16. The van der Waals surface area contributed by atoms with Gasteiger partial charge in [0.25, 0.3) is 11.5 Å². The summed E-state index contributed by atoms with van der Waals surface area (Å²) in [5.41, 5.74) is 1.26. The third-order valence-electron chi connectivity index (χ3n) is 3.80. The summed E-state index contributed by atoms with van der Waals surface area (Å²) < 4.78 is 11.0. The molecule has 1 atom stereocenters. The molecular weight excluding hydrogens is 320 g/mol. The molecule has 134 valence electrons. The Labute approximate surface area is 147 Å². The minimum Gasteiger partial charge on any atom is -0.493 e. The lowest BCUT2D eigenvalue weighted by Gasteiger charge is -2.17. The van der Waals surface area contributed by atoms with Crippen molar-refractivity contribution in [2.75, 3.05) is 13.7 Å². The van der Waals surface area contributed by atoms with Gasteiger partial charge in [-0.05, 0) is 50.1 Å². The Bertz CT molecular complexity index is 798. The topological polar surface area (TPSA) is 80.4 Å². The molecule has 0 aliphatic carbocycles. The molecule has 0 saturated carbocycles. The van der Waals surface area contributed by atoms with Crippen LogP contribution in [0, 0.1) is 6.92 Å². The second kappa shape index (κ2) is 8.37. The molecule has 2 aromatic rings. The first-order chi connectivity index (χ1) is 12.0. The van der Waals surface area contributed by atoms with E-state index in [1.54, 1.807) is 20.1 Å². The summed E-state index contributed by atoms with van der Waals surface area (Å²) in [7, 11) is 1.58. The quantitative estimate of drug-likeness (QED) is 0.809. The molecule has 0 fully saturated rings. The van der Waals surface area contributed by atoms with E-state index in [-0.39, 0.29) is 11.6 Å². The van der Waals surface area contributed by atoms with Crippen molar-refractivity contribution in [1.29, 1.82) is 0 Å². The third-order valence-corrected chi connectivity index (χ3v) is 3.80. The van der Waals surface area contributed by atoms with Gasteiger partial charge in [0.2, 0.25) is 0 Å². The highest BCUT2D eigenvalue weighted by molar-refractivity contribution is 5.94. The Morgan fingerprint density at radius 2 is 2.00 bits per heavy atom. The van der Waals surface area contributed by atoms with Crippen LogP contribution in [0.2, 0.25) is 0 Å². The number of H-pyrrole nitrogens is 1. The zero-order valence-electron chi connectivity index (χ0n) is 15.0. The highest BCUT2D eigenvalue weighted by atomic mass is 16.5. The van der Waals surface area contributed by atoms with Crippen LogP contribution in [0.1, 0.15) is 47.9 Å². The van der Waals surface area contributed by atoms with Crippen molar-refractivity contribution in [3.8, 4) is 11.5 Å². The predicted molar refractivity (Wildman–Crippen MR) is 96.5 cm³/mol. The number of methoxy groups -OCH3 is 1. The van der Waals surface area contributed by atoms with Gasteiger partial charge in [-0.25, -0.2) is 0 Å². The molecule has 2 rings (SSSR count). The first-order valence-corrected chi connectivity index (χ1v) is 8.27. The molecule has 0 saturated heterocycles. The minimum absolute atomic E-state index is 0.0901. The normalized spacial score (nSPS) is 11.7. The molecule has 6 nitrogen and oxygen atoms in total. The fourth-order valence-electron chi connectivity index (χ4n) is 2.39. The van der Waals surface area contributed by atoms with Gasteiger partial charge in [-0.2, -0.15) is 0 Å². The van der Waals surface area contributed by atoms with Gasteiger partial charge in [0.15, 0.2) is 11.5 Å². The molecule has 0 aliphatic heterocycles. The van der Waals surface area contributed by atoms with Crippen LogP contribution in [0.3, 0.4) is 0 Å². The Morgan fingerprint density at radius 3 is 2.64 bits per heavy atom. The molecular formula is C19H24N2O4. The molecule has 0 bridgehead atoms. The number of aryl methyl sites for hydroxylation is 1. The zero-order chi connectivity index (χ0) is 18.4. The van der Waals surface area contributed by atoms with E-state index in [1.165, 1.54) is 6.07 Å². The number of hydrogen-bond donors (Lipinski definition) is 2. The summed E-state index contributed by atoms with van der Waals surface area (Å²) >= 11 is 0. The molecule has 1 aromatic carbocycles. The van der Waals surface area contributed by atoms with Crippen LogP contribution >= 0.6 is 0 Å². The van der Waals surface area contributed by atoms with Crippen molar-refractivity contribution in [3.05, 3.63) is 57.5 Å². The number of aromatic amines is 1. The standard InChI is InChI=1S/C19H24N2O4/c1-5-10-25-16-9-7-14(11-17(16)24-4)13(3)21-19(23)15-8-6-12(2)20-18(15)22/h6-9,11,13H,5,10H2,1-4H3,(H,20,22)(H,21,23). The van der Waals surface area contributed by atoms with Crippen LogP contribution in [-0.4, -0.2) is 24.6 Å². The van der Waals surface area contributed by atoms with Gasteiger partial charge in [0.05, 0.1) is 19.8 Å². The number of aromatic nitrogens is 1. The summed E-state index contributed by atoms with van der Waals surface area (Å²) in [4.78, 5) is 26.9. The molecule has 1 aromatic heterocycles. The first kappa shape index (κ1) is 18.6. The summed E-state index contributed by atoms with van der Waals surface area (Å²) in [6.45, 7) is 6.26. The third kappa shape index (κ3) is 4.62. The Kier molecular flexibility index (Phi) is 6.22. The fourth-order valence-corrected chi connectivity index (χ4v) is 2.39. The van der Waals surface area contributed by atoms with Crippen LogP contribution in [0.5, 0.6) is 11.5 Å². The summed E-state index contributed by atoms with van der Waals surface area (Å²) in [5.74, 6) is 0.862. The minimum atomic E-state index is -0.418. The van der Waals surface area contributed by atoms with Crippen molar-refractivity contribution in [3.63, 3.8) is 0 Å². The van der Waals surface area contributed by atoms with E-state index in [9.17, 15) is 9.59 Å². The maximum absolute atomic E-state index is 12.3. The predicted octanol–water partition coefficient (Wildman–Crippen LogP) is 2.97. The van der Waals surface area contributed by atoms with E-state index in [1.807, 2.05) is 32.0 Å². The highest BCUT2D eigenvalue weighted by Crippen LogP contribution is 2.30. The number of rotatable bonds is 7. The van der Waals surface area contributed by atoms with Gasteiger partial charge in [-0.15, -0.1) is 0 Å². The van der Waals surface area contributed by atoms with Crippen LogP contribution in [0.15, 0.2) is 35.1 Å². The lowest BCUT2D eigenvalue weighted by atomic mass is 10.1. The fraction of sp³-hybridized carbons (Fsp3) is 0.368. The zero-order valence-corrected chi connectivity index (χ0v) is 15.0. The van der Waals surface area contributed by atoms with Gasteiger partial charge < -0.3 is 19.8 Å².